The first-order valence-electron chi connectivity index (χ1n) is 3.94. The topological polar surface area (TPSA) is 12.5 Å². The van der Waals surface area contributed by atoms with E-state index in [4.69, 9.17) is 4.74 Å². The molecule has 2 aliphatic rings. The van der Waals surface area contributed by atoms with E-state index in [1.165, 1.54) is 12.8 Å². The second-order valence-electron chi connectivity index (χ2n) is 3.62. The van der Waals surface area contributed by atoms with Gasteiger partial charge >= 0.3 is 0 Å². The standard InChI is InChI=1S/C8H14O/c1-5(2)6-3-4-7-8(6)9-7/h5-8H,3-4H2,1-2H3/t6-,7-,8+/m0/s1. The van der Waals surface area contributed by atoms with Crippen LogP contribution in [0.1, 0.15) is 26.7 Å². The predicted molar refractivity (Wildman–Crippen MR) is 36.2 cm³/mol. The van der Waals surface area contributed by atoms with Crippen molar-refractivity contribution in [2.24, 2.45) is 11.8 Å². The van der Waals surface area contributed by atoms with Gasteiger partial charge in [-0.2, -0.15) is 0 Å². The molecule has 0 aromatic carbocycles. The normalized spacial score (nSPS) is 47.7. The number of epoxide rings is 1. The van der Waals surface area contributed by atoms with Crippen LogP contribution in [0.3, 0.4) is 0 Å². The first-order valence-corrected chi connectivity index (χ1v) is 3.94. The molecule has 0 amide bonds. The van der Waals surface area contributed by atoms with Crippen molar-refractivity contribution in [3.05, 3.63) is 0 Å². The third kappa shape index (κ3) is 0.787. The molecular formula is C8H14O. The molecule has 1 saturated heterocycles. The van der Waals surface area contributed by atoms with Crippen molar-refractivity contribution in [2.75, 3.05) is 0 Å². The van der Waals surface area contributed by atoms with Crippen LogP contribution in [0.4, 0.5) is 0 Å². The predicted octanol–water partition coefficient (Wildman–Crippen LogP) is 1.82. The summed E-state index contributed by atoms with van der Waals surface area (Å²) in [6.45, 7) is 4.60. The highest BCUT2D eigenvalue weighted by atomic mass is 16.6. The fourth-order valence-corrected chi connectivity index (χ4v) is 2.00. The minimum absolute atomic E-state index is 0.671. The summed E-state index contributed by atoms with van der Waals surface area (Å²) in [6, 6.07) is 0. The number of hydrogen-bond acceptors (Lipinski definition) is 1. The maximum atomic E-state index is 5.43. The van der Waals surface area contributed by atoms with E-state index in [0.29, 0.717) is 12.2 Å². The Bertz CT molecular complexity index is 120. The number of ether oxygens (including phenoxy) is 1. The summed E-state index contributed by atoms with van der Waals surface area (Å²) < 4.78 is 5.43. The molecule has 52 valence electrons. The molecule has 0 radical (unpaired) electrons. The summed E-state index contributed by atoms with van der Waals surface area (Å²) in [5.74, 6) is 1.72. The zero-order valence-electron chi connectivity index (χ0n) is 6.13. The Labute approximate surface area is 56.4 Å². The minimum Gasteiger partial charge on any atom is -0.369 e. The fourth-order valence-electron chi connectivity index (χ4n) is 2.00. The molecule has 1 aliphatic carbocycles. The summed E-state index contributed by atoms with van der Waals surface area (Å²) >= 11 is 0. The van der Waals surface area contributed by atoms with Gasteiger partial charge in [0.05, 0.1) is 12.2 Å². The van der Waals surface area contributed by atoms with Gasteiger partial charge in [0.15, 0.2) is 0 Å². The van der Waals surface area contributed by atoms with Gasteiger partial charge in [0.25, 0.3) is 0 Å². The van der Waals surface area contributed by atoms with Crippen LogP contribution in [0.15, 0.2) is 0 Å². The lowest BCUT2D eigenvalue weighted by Crippen LogP contribution is -2.10. The highest BCUT2D eigenvalue weighted by Crippen LogP contribution is 2.45. The van der Waals surface area contributed by atoms with Crippen molar-refractivity contribution in [3.8, 4) is 0 Å². The summed E-state index contributed by atoms with van der Waals surface area (Å²) in [5.41, 5.74) is 0. The Morgan fingerprint density at radius 3 is 2.33 bits per heavy atom. The van der Waals surface area contributed by atoms with Crippen molar-refractivity contribution < 1.29 is 4.74 Å². The van der Waals surface area contributed by atoms with Gasteiger partial charge < -0.3 is 4.74 Å². The fraction of sp³-hybridized carbons (Fsp3) is 1.00. The maximum Gasteiger partial charge on any atom is 0.0872 e. The zero-order chi connectivity index (χ0) is 6.43. The molecule has 0 bridgehead atoms. The molecule has 1 nitrogen and oxygen atoms in total. The van der Waals surface area contributed by atoms with E-state index < -0.39 is 0 Å². The lowest BCUT2D eigenvalue weighted by Gasteiger charge is -2.13. The summed E-state index contributed by atoms with van der Waals surface area (Å²) in [4.78, 5) is 0. The van der Waals surface area contributed by atoms with Gasteiger partial charge in [-0.3, -0.25) is 0 Å². The third-order valence-corrected chi connectivity index (χ3v) is 2.68. The van der Waals surface area contributed by atoms with Gasteiger partial charge in [-0.1, -0.05) is 13.8 Å². The largest absolute Gasteiger partial charge is 0.369 e. The molecule has 0 N–H and O–H groups in total. The average Bonchev–Trinajstić information content (AvgIpc) is 2.43. The van der Waals surface area contributed by atoms with E-state index in [1.54, 1.807) is 0 Å². The number of fused-ring (bicyclic) bond motifs is 1. The molecule has 0 unspecified atom stereocenters. The van der Waals surface area contributed by atoms with Gasteiger partial charge in [-0.05, 0) is 24.7 Å². The third-order valence-electron chi connectivity index (χ3n) is 2.68. The Morgan fingerprint density at radius 2 is 2.11 bits per heavy atom. The van der Waals surface area contributed by atoms with Crippen molar-refractivity contribution in [1.29, 1.82) is 0 Å². The van der Waals surface area contributed by atoms with Gasteiger partial charge in [0.1, 0.15) is 0 Å². The van der Waals surface area contributed by atoms with E-state index in [1.807, 2.05) is 0 Å². The summed E-state index contributed by atoms with van der Waals surface area (Å²) in [6.07, 6.45) is 4.09. The van der Waals surface area contributed by atoms with Gasteiger partial charge in [0, 0.05) is 0 Å². The summed E-state index contributed by atoms with van der Waals surface area (Å²) in [7, 11) is 0. The molecule has 1 saturated carbocycles. The van der Waals surface area contributed by atoms with Gasteiger partial charge in [-0.25, -0.2) is 0 Å². The zero-order valence-corrected chi connectivity index (χ0v) is 6.13. The molecule has 0 aromatic rings. The van der Waals surface area contributed by atoms with Crippen molar-refractivity contribution in [1.82, 2.24) is 0 Å². The Kier molecular flexibility index (Phi) is 1.10. The van der Waals surface area contributed by atoms with E-state index in [0.717, 1.165) is 11.8 Å². The van der Waals surface area contributed by atoms with E-state index in [9.17, 15) is 0 Å². The second kappa shape index (κ2) is 1.72. The molecule has 2 fully saturated rings. The van der Waals surface area contributed by atoms with Gasteiger partial charge in [-0.15, -0.1) is 0 Å². The first-order chi connectivity index (χ1) is 4.29. The molecule has 1 heterocycles. The van der Waals surface area contributed by atoms with Crippen molar-refractivity contribution in [2.45, 2.75) is 38.9 Å². The van der Waals surface area contributed by atoms with Crippen LogP contribution >= 0.6 is 0 Å². The van der Waals surface area contributed by atoms with Crippen molar-refractivity contribution in [3.63, 3.8) is 0 Å². The SMILES string of the molecule is CC(C)[C@@H]1CC[C@@H]2O[C@@H]21. The maximum absolute atomic E-state index is 5.43. The number of hydrogen-bond donors (Lipinski definition) is 0. The number of rotatable bonds is 1. The minimum atomic E-state index is 0.671. The summed E-state index contributed by atoms with van der Waals surface area (Å²) in [5, 5.41) is 0. The quantitative estimate of drug-likeness (QED) is 0.488. The van der Waals surface area contributed by atoms with Crippen LogP contribution in [0.25, 0.3) is 0 Å². The molecule has 3 atom stereocenters. The molecule has 2 rings (SSSR count). The lowest BCUT2D eigenvalue weighted by molar-refractivity contribution is 0.226. The molecule has 0 aromatic heterocycles. The highest BCUT2D eigenvalue weighted by Gasteiger charge is 2.50. The van der Waals surface area contributed by atoms with Crippen LogP contribution in [0.2, 0.25) is 0 Å². The molecular weight excluding hydrogens is 112 g/mol. The Balaban J connectivity index is 1.98. The smallest absolute Gasteiger partial charge is 0.0872 e. The molecule has 1 aliphatic heterocycles. The van der Waals surface area contributed by atoms with E-state index >= 15 is 0 Å². The van der Waals surface area contributed by atoms with Crippen LogP contribution < -0.4 is 0 Å². The Hall–Kier alpha value is -0.0400. The molecule has 9 heavy (non-hydrogen) atoms. The molecule has 0 spiro atoms. The second-order valence-corrected chi connectivity index (χ2v) is 3.62. The van der Waals surface area contributed by atoms with Crippen LogP contribution in [0, 0.1) is 11.8 Å². The first kappa shape index (κ1) is 5.72. The van der Waals surface area contributed by atoms with E-state index in [-0.39, 0.29) is 0 Å². The lowest BCUT2D eigenvalue weighted by atomic mass is 9.94. The van der Waals surface area contributed by atoms with Crippen LogP contribution in [-0.2, 0) is 4.74 Å². The van der Waals surface area contributed by atoms with Crippen LogP contribution in [-0.4, -0.2) is 12.2 Å². The monoisotopic (exact) mass is 126 g/mol. The molecule has 1 heteroatoms. The highest BCUT2D eigenvalue weighted by molar-refractivity contribution is 4.98. The van der Waals surface area contributed by atoms with Crippen molar-refractivity contribution >= 4 is 0 Å². The van der Waals surface area contributed by atoms with Crippen LogP contribution in [0.5, 0.6) is 0 Å². The van der Waals surface area contributed by atoms with E-state index in [2.05, 4.69) is 13.8 Å². The van der Waals surface area contributed by atoms with Gasteiger partial charge in [0.2, 0.25) is 0 Å². The average molecular weight is 126 g/mol. The Morgan fingerprint density at radius 1 is 1.33 bits per heavy atom.